The van der Waals surface area contributed by atoms with Crippen molar-refractivity contribution in [3.63, 3.8) is 0 Å². The van der Waals surface area contributed by atoms with Crippen molar-refractivity contribution in [2.45, 2.75) is 12.8 Å². The maximum atomic E-state index is 11.3. The van der Waals surface area contributed by atoms with Crippen molar-refractivity contribution in [3.8, 4) is 29.1 Å². The zero-order chi connectivity index (χ0) is 13.8. The molecule has 0 saturated heterocycles. The van der Waals surface area contributed by atoms with Crippen molar-refractivity contribution in [1.29, 1.82) is 0 Å². The van der Waals surface area contributed by atoms with Crippen LogP contribution in [0.4, 0.5) is 0 Å². The van der Waals surface area contributed by atoms with Crippen LogP contribution in [-0.4, -0.2) is 25.9 Å². The van der Waals surface area contributed by atoms with Gasteiger partial charge in [0.05, 0.1) is 6.54 Å². The van der Waals surface area contributed by atoms with Gasteiger partial charge >= 0.3 is 0 Å². The molecule has 1 aromatic rings. The molecule has 1 aliphatic heterocycles. The SMILES string of the molecule is O=C(NCC#CCOc1ccc2c(c1)OCO2)C1CC1. The largest absolute Gasteiger partial charge is 0.481 e. The molecule has 0 spiro atoms. The van der Waals surface area contributed by atoms with Gasteiger partial charge in [0.15, 0.2) is 11.5 Å². The van der Waals surface area contributed by atoms with Crippen LogP contribution in [0.2, 0.25) is 0 Å². The van der Waals surface area contributed by atoms with Gasteiger partial charge in [0.1, 0.15) is 12.4 Å². The van der Waals surface area contributed by atoms with E-state index in [0.717, 1.165) is 18.6 Å². The highest BCUT2D eigenvalue weighted by molar-refractivity contribution is 5.81. The Hall–Kier alpha value is -2.35. The fourth-order valence-electron chi connectivity index (χ4n) is 1.82. The van der Waals surface area contributed by atoms with Crippen LogP contribution >= 0.6 is 0 Å². The summed E-state index contributed by atoms with van der Waals surface area (Å²) >= 11 is 0. The van der Waals surface area contributed by atoms with Crippen molar-refractivity contribution >= 4 is 5.91 Å². The third-order valence-corrected chi connectivity index (χ3v) is 3.08. The molecule has 0 radical (unpaired) electrons. The first-order valence-electron chi connectivity index (χ1n) is 6.59. The fraction of sp³-hybridized carbons (Fsp3) is 0.400. The molecule has 2 aliphatic rings. The summed E-state index contributed by atoms with van der Waals surface area (Å²) in [5.74, 6) is 8.15. The first kappa shape index (κ1) is 12.7. The monoisotopic (exact) mass is 273 g/mol. The summed E-state index contributed by atoms with van der Waals surface area (Å²) in [5, 5.41) is 2.77. The first-order chi connectivity index (χ1) is 9.83. The van der Waals surface area contributed by atoms with Gasteiger partial charge in [-0.2, -0.15) is 0 Å². The molecule has 20 heavy (non-hydrogen) atoms. The van der Waals surface area contributed by atoms with Crippen LogP contribution in [0.25, 0.3) is 0 Å². The van der Waals surface area contributed by atoms with Crippen molar-refractivity contribution < 1.29 is 19.0 Å². The molecule has 104 valence electrons. The Balaban J connectivity index is 1.40. The number of hydrogen-bond acceptors (Lipinski definition) is 4. The second kappa shape index (κ2) is 5.74. The fourth-order valence-corrected chi connectivity index (χ4v) is 1.82. The number of carbonyl (C=O) groups is 1. The molecular formula is C15H15NO4. The minimum absolute atomic E-state index is 0.107. The Morgan fingerprint density at radius 3 is 3.00 bits per heavy atom. The molecule has 1 aliphatic carbocycles. The number of benzene rings is 1. The van der Waals surface area contributed by atoms with Crippen molar-refractivity contribution in [3.05, 3.63) is 18.2 Å². The predicted octanol–water partition coefficient (Wildman–Crippen LogP) is 1.32. The lowest BCUT2D eigenvalue weighted by molar-refractivity contribution is -0.122. The standard InChI is InChI=1S/C15H15NO4/c17-15(11-3-4-11)16-7-1-2-8-18-12-5-6-13-14(9-12)20-10-19-13/h5-6,9,11H,3-4,7-8,10H2,(H,16,17). The molecule has 5 heteroatoms. The summed E-state index contributed by atoms with van der Waals surface area (Å²) < 4.78 is 15.9. The van der Waals surface area contributed by atoms with Crippen LogP contribution in [0.3, 0.4) is 0 Å². The maximum Gasteiger partial charge on any atom is 0.231 e. The summed E-state index contributed by atoms with van der Waals surface area (Å²) in [6.45, 7) is 0.901. The highest BCUT2D eigenvalue weighted by Crippen LogP contribution is 2.34. The zero-order valence-electron chi connectivity index (χ0n) is 11.0. The van der Waals surface area contributed by atoms with Gasteiger partial charge in [-0.25, -0.2) is 0 Å². The van der Waals surface area contributed by atoms with E-state index in [4.69, 9.17) is 14.2 Å². The molecule has 1 fully saturated rings. The lowest BCUT2D eigenvalue weighted by atomic mass is 10.3. The molecule has 0 aromatic heterocycles. The zero-order valence-corrected chi connectivity index (χ0v) is 11.0. The van der Waals surface area contributed by atoms with Gasteiger partial charge in [-0.15, -0.1) is 0 Å². The molecule has 3 rings (SSSR count). The van der Waals surface area contributed by atoms with Crippen LogP contribution in [0.5, 0.6) is 17.2 Å². The first-order valence-corrected chi connectivity index (χ1v) is 6.59. The second-order valence-electron chi connectivity index (χ2n) is 4.65. The Kier molecular flexibility index (Phi) is 3.64. The van der Waals surface area contributed by atoms with E-state index in [1.54, 1.807) is 12.1 Å². The van der Waals surface area contributed by atoms with Crippen LogP contribution < -0.4 is 19.5 Å². The molecule has 0 atom stereocenters. The molecule has 5 nitrogen and oxygen atoms in total. The number of fused-ring (bicyclic) bond motifs is 1. The number of nitrogens with one attached hydrogen (secondary N) is 1. The van der Waals surface area contributed by atoms with Gasteiger partial charge in [0, 0.05) is 12.0 Å². The van der Waals surface area contributed by atoms with Crippen LogP contribution in [0, 0.1) is 17.8 Å². The van der Waals surface area contributed by atoms with E-state index in [-0.39, 0.29) is 25.2 Å². The number of hydrogen-bond donors (Lipinski definition) is 1. The molecule has 1 aromatic carbocycles. The van der Waals surface area contributed by atoms with Gasteiger partial charge in [-0.1, -0.05) is 11.8 Å². The molecule has 0 unspecified atom stereocenters. The van der Waals surface area contributed by atoms with Gasteiger partial charge in [0.2, 0.25) is 12.7 Å². The molecular weight excluding hydrogens is 258 g/mol. The van der Waals surface area contributed by atoms with Crippen LogP contribution in [-0.2, 0) is 4.79 Å². The third-order valence-electron chi connectivity index (χ3n) is 3.08. The normalized spacial score (nSPS) is 15.2. The summed E-state index contributed by atoms with van der Waals surface area (Å²) in [6, 6.07) is 5.39. The Bertz CT molecular complexity index is 569. The van der Waals surface area contributed by atoms with E-state index in [1.165, 1.54) is 0 Å². The van der Waals surface area contributed by atoms with E-state index < -0.39 is 0 Å². The van der Waals surface area contributed by atoms with Gasteiger partial charge in [-0.05, 0) is 25.0 Å². The van der Waals surface area contributed by atoms with Crippen molar-refractivity contribution in [2.75, 3.05) is 19.9 Å². The van der Waals surface area contributed by atoms with Crippen LogP contribution in [0.1, 0.15) is 12.8 Å². The van der Waals surface area contributed by atoms with Crippen LogP contribution in [0.15, 0.2) is 18.2 Å². The molecule has 1 N–H and O–H groups in total. The second-order valence-corrected chi connectivity index (χ2v) is 4.65. The topological polar surface area (TPSA) is 56.8 Å². The van der Waals surface area contributed by atoms with E-state index in [1.807, 2.05) is 6.07 Å². The number of amides is 1. The lowest BCUT2D eigenvalue weighted by Gasteiger charge is -2.02. The average Bonchev–Trinajstić information content (AvgIpc) is 3.21. The number of ether oxygens (including phenoxy) is 3. The summed E-state index contributed by atoms with van der Waals surface area (Å²) in [6.07, 6.45) is 2.01. The minimum atomic E-state index is 0.107. The van der Waals surface area contributed by atoms with E-state index in [0.29, 0.717) is 18.0 Å². The third kappa shape index (κ3) is 3.15. The Morgan fingerprint density at radius 1 is 1.30 bits per heavy atom. The van der Waals surface area contributed by atoms with Gasteiger partial charge in [-0.3, -0.25) is 4.79 Å². The van der Waals surface area contributed by atoms with Crippen molar-refractivity contribution in [2.24, 2.45) is 5.92 Å². The Labute approximate surface area is 117 Å². The quantitative estimate of drug-likeness (QED) is 0.841. The summed E-state index contributed by atoms with van der Waals surface area (Å²) in [5.41, 5.74) is 0. The summed E-state index contributed by atoms with van der Waals surface area (Å²) in [4.78, 5) is 11.3. The van der Waals surface area contributed by atoms with Gasteiger partial charge in [0.25, 0.3) is 0 Å². The van der Waals surface area contributed by atoms with E-state index in [9.17, 15) is 4.79 Å². The minimum Gasteiger partial charge on any atom is -0.481 e. The predicted molar refractivity (Wildman–Crippen MR) is 71.6 cm³/mol. The van der Waals surface area contributed by atoms with Crippen molar-refractivity contribution in [1.82, 2.24) is 5.32 Å². The Morgan fingerprint density at radius 2 is 2.15 bits per heavy atom. The lowest BCUT2D eigenvalue weighted by Crippen LogP contribution is -2.24. The summed E-state index contributed by atoms with van der Waals surface area (Å²) in [7, 11) is 0. The van der Waals surface area contributed by atoms with E-state index >= 15 is 0 Å². The molecule has 1 saturated carbocycles. The highest BCUT2D eigenvalue weighted by Gasteiger charge is 2.28. The number of rotatable bonds is 4. The smallest absolute Gasteiger partial charge is 0.231 e. The van der Waals surface area contributed by atoms with E-state index in [2.05, 4.69) is 17.2 Å². The highest BCUT2D eigenvalue weighted by atomic mass is 16.7. The maximum absolute atomic E-state index is 11.3. The molecule has 0 bridgehead atoms. The van der Waals surface area contributed by atoms with Gasteiger partial charge < -0.3 is 19.5 Å². The molecule has 1 heterocycles. The average molecular weight is 273 g/mol. The molecule has 1 amide bonds. The number of carbonyl (C=O) groups excluding carboxylic acids is 1.